The number of benzene rings is 1. The van der Waals surface area contributed by atoms with Crippen molar-refractivity contribution in [2.45, 2.75) is 27.2 Å². The number of hydrogen-bond acceptors (Lipinski definition) is 5. The number of esters is 1. The summed E-state index contributed by atoms with van der Waals surface area (Å²) < 4.78 is 10.1. The summed E-state index contributed by atoms with van der Waals surface area (Å²) in [6.07, 6.45) is 0.817. The third-order valence-corrected chi connectivity index (χ3v) is 3.22. The number of carbonyl (C=O) groups is 3. The maximum absolute atomic E-state index is 11.5. The molecule has 0 atom stereocenters. The zero-order chi connectivity index (χ0) is 17.9. The Kier molecular flexibility index (Phi) is 8.32. The van der Waals surface area contributed by atoms with E-state index in [-0.39, 0.29) is 19.1 Å². The molecule has 0 saturated carbocycles. The van der Waals surface area contributed by atoms with Crippen molar-refractivity contribution < 1.29 is 23.9 Å². The van der Waals surface area contributed by atoms with Crippen molar-refractivity contribution in [1.29, 1.82) is 0 Å². The molecule has 1 aromatic rings. The third kappa shape index (κ3) is 7.62. The standard InChI is InChI=1S/C17H24N2O5/c1-4-7-18-15(20)9-19-16(21)10-24-17(22)11-23-14-6-5-12(2)13(3)8-14/h5-6,8H,4,7,9-11H2,1-3H3,(H,18,20)(H,19,21). The zero-order valence-corrected chi connectivity index (χ0v) is 14.3. The molecule has 0 bridgehead atoms. The van der Waals surface area contributed by atoms with Crippen molar-refractivity contribution in [3.8, 4) is 5.75 Å². The van der Waals surface area contributed by atoms with Crippen LogP contribution in [0.25, 0.3) is 0 Å². The predicted octanol–water partition coefficient (Wildman–Crippen LogP) is 0.868. The molecule has 0 aliphatic carbocycles. The number of rotatable bonds is 9. The van der Waals surface area contributed by atoms with Crippen LogP contribution < -0.4 is 15.4 Å². The van der Waals surface area contributed by atoms with Gasteiger partial charge in [0.1, 0.15) is 5.75 Å². The molecular weight excluding hydrogens is 312 g/mol. The highest BCUT2D eigenvalue weighted by molar-refractivity contribution is 5.86. The van der Waals surface area contributed by atoms with E-state index in [1.54, 1.807) is 6.07 Å². The van der Waals surface area contributed by atoms with E-state index in [2.05, 4.69) is 10.6 Å². The molecule has 0 unspecified atom stereocenters. The van der Waals surface area contributed by atoms with Crippen molar-refractivity contribution in [2.24, 2.45) is 0 Å². The van der Waals surface area contributed by atoms with Crippen LogP contribution in [0.5, 0.6) is 5.75 Å². The van der Waals surface area contributed by atoms with Crippen LogP contribution in [0.1, 0.15) is 24.5 Å². The second kappa shape index (κ2) is 10.3. The van der Waals surface area contributed by atoms with Gasteiger partial charge < -0.3 is 20.1 Å². The fourth-order valence-corrected chi connectivity index (χ4v) is 1.69. The van der Waals surface area contributed by atoms with E-state index in [4.69, 9.17) is 9.47 Å². The number of nitrogens with one attached hydrogen (secondary N) is 2. The molecule has 1 rings (SSSR count). The van der Waals surface area contributed by atoms with Crippen LogP contribution in [0.15, 0.2) is 18.2 Å². The minimum absolute atomic E-state index is 0.143. The molecule has 0 saturated heterocycles. The summed E-state index contributed by atoms with van der Waals surface area (Å²) in [5.74, 6) is -0.915. The van der Waals surface area contributed by atoms with Crippen LogP contribution >= 0.6 is 0 Å². The molecule has 7 heteroatoms. The molecule has 0 spiro atoms. The second-order valence-electron chi connectivity index (χ2n) is 5.32. The highest BCUT2D eigenvalue weighted by atomic mass is 16.6. The van der Waals surface area contributed by atoms with E-state index in [0.717, 1.165) is 17.5 Å². The molecular formula is C17H24N2O5. The fourth-order valence-electron chi connectivity index (χ4n) is 1.69. The van der Waals surface area contributed by atoms with Gasteiger partial charge in [0.25, 0.3) is 5.91 Å². The fraction of sp³-hybridized carbons (Fsp3) is 0.471. The van der Waals surface area contributed by atoms with Gasteiger partial charge in [-0.2, -0.15) is 0 Å². The van der Waals surface area contributed by atoms with E-state index < -0.39 is 18.5 Å². The first kappa shape index (κ1) is 19.5. The second-order valence-corrected chi connectivity index (χ2v) is 5.32. The van der Waals surface area contributed by atoms with Crippen LogP contribution in [-0.2, 0) is 19.1 Å². The van der Waals surface area contributed by atoms with Gasteiger partial charge in [0, 0.05) is 6.54 Å². The largest absolute Gasteiger partial charge is 0.482 e. The summed E-state index contributed by atoms with van der Waals surface area (Å²) in [6.45, 7) is 5.53. The Labute approximate surface area is 141 Å². The normalized spacial score (nSPS) is 9.96. The van der Waals surface area contributed by atoms with Crippen LogP contribution in [0.2, 0.25) is 0 Å². The Balaban J connectivity index is 2.22. The molecule has 0 fully saturated rings. The molecule has 2 amide bonds. The molecule has 132 valence electrons. The van der Waals surface area contributed by atoms with E-state index >= 15 is 0 Å². The maximum Gasteiger partial charge on any atom is 0.344 e. The molecule has 0 radical (unpaired) electrons. The number of aryl methyl sites for hydroxylation is 2. The average Bonchev–Trinajstić information content (AvgIpc) is 2.57. The Morgan fingerprint density at radius 2 is 1.75 bits per heavy atom. The lowest BCUT2D eigenvalue weighted by Gasteiger charge is -2.09. The van der Waals surface area contributed by atoms with Crippen LogP contribution in [0.3, 0.4) is 0 Å². The Morgan fingerprint density at radius 3 is 2.42 bits per heavy atom. The molecule has 0 aliphatic rings. The lowest BCUT2D eigenvalue weighted by molar-refractivity contribution is -0.150. The highest BCUT2D eigenvalue weighted by Gasteiger charge is 2.10. The first-order chi connectivity index (χ1) is 11.4. The van der Waals surface area contributed by atoms with Crippen molar-refractivity contribution in [2.75, 3.05) is 26.3 Å². The van der Waals surface area contributed by atoms with Gasteiger partial charge >= 0.3 is 5.97 Å². The van der Waals surface area contributed by atoms with Gasteiger partial charge in [-0.05, 0) is 43.5 Å². The summed E-state index contributed by atoms with van der Waals surface area (Å²) >= 11 is 0. The first-order valence-corrected chi connectivity index (χ1v) is 7.81. The molecule has 0 aromatic heterocycles. The number of carbonyl (C=O) groups excluding carboxylic acids is 3. The molecule has 1 aromatic carbocycles. The quantitative estimate of drug-likeness (QED) is 0.653. The number of amides is 2. The van der Waals surface area contributed by atoms with Gasteiger partial charge in [-0.25, -0.2) is 4.79 Å². The van der Waals surface area contributed by atoms with Crippen molar-refractivity contribution in [3.05, 3.63) is 29.3 Å². The third-order valence-electron chi connectivity index (χ3n) is 3.22. The van der Waals surface area contributed by atoms with Crippen molar-refractivity contribution in [1.82, 2.24) is 10.6 Å². The minimum atomic E-state index is -0.654. The van der Waals surface area contributed by atoms with Crippen LogP contribution in [-0.4, -0.2) is 44.1 Å². The molecule has 7 nitrogen and oxygen atoms in total. The van der Waals surface area contributed by atoms with Gasteiger partial charge in [0.15, 0.2) is 13.2 Å². The van der Waals surface area contributed by atoms with E-state index in [0.29, 0.717) is 12.3 Å². The summed E-state index contributed by atoms with van der Waals surface area (Å²) in [5, 5.41) is 4.98. The van der Waals surface area contributed by atoms with Gasteiger partial charge in [0.05, 0.1) is 6.54 Å². The lowest BCUT2D eigenvalue weighted by atomic mass is 10.1. The SMILES string of the molecule is CCCNC(=O)CNC(=O)COC(=O)COc1ccc(C)c(C)c1. The van der Waals surface area contributed by atoms with Gasteiger partial charge in [0.2, 0.25) is 5.91 Å². The smallest absolute Gasteiger partial charge is 0.344 e. The van der Waals surface area contributed by atoms with E-state index in [1.165, 1.54) is 0 Å². The molecule has 2 N–H and O–H groups in total. The Hall–Kier alpha value is -2.57. The van der Waals surface area contributed by atoms with Crippen molar-refractivity contribution >= 4 is 17.8 Å². The van der Waals surface area contributed by atoms with Crippen LogP contribution in [0.4, 0.5) is 0 Å². The van der Waals surface area contributed by atoms with Crippen LogP contribution in [0, 0.1) is 13.8 Å². The van der Waals surface area contributed by atoms with Gasteiger partial charge in [-0.1, -0.05) is 13.0 Å². The Bertz CT molecular complexity index is 586. The van der Waals surface area contributed by atoms with Crippen molar-refractivity contribution in [3.63, 3.8) is 0 Å². The van der Waals surface area contributed by atoms with E-state index in [1.807, 2.05) is 32.9 Å². The maximum atomic E-state index is 11.5. The van der Waals surface area contributed by atoms with Gasteiger partial charge in [-0.15, -0.1) is 0 Å². The summed E-state index contributed by atoms with van der Waals surface area (Å²) in [5.41, 5.74) is 2.19. The molecule has 24 heavy (non-hydrogen) atoms. The minimum Gasteiger partial charge on any atom is -0.482 e. The Morgan fingerprint density at radius 1 is 1.00 bits per heavy atom. The summed E-state index contributed by atoms with van der Waals surface area (Å²) in [7, 11) is 0. The predicted molar refractivity (Wildman–Crippen MR) is 88.7 cm³/mol. The molecule has 0 heterocycles. The molecule has 0 aliphatic heterocycles. The highest BCUT2D eigenvalue weighted by Crippen LogP contribution is 2.16. The summed E-state index contributed by atoms with van der Waals surface area (Å²) in [6, 6.07) is 5.48. The first-order valence-electron chi connectivity index (χ1n) is 7.81. The van der Waals surface area contributed by atoms with Gasteiger partial charge in [-0.3, -0.25) is 9.59 Å². The average molecular weight is 336 g/mol. The topological polar surface area (TPSA) is 93.7 Å². The zero-order valence-electron chi connectivity index (χ0n) is 14.3. The lowest BCUT2D eigenvalue weighted by Crippen LogP contribution is -2.39. The number of ether oxygens (including phenoxy) is 2. The summed E-state index contributed by atoms with van der Waals surface area (Å²) in [4.78, 5) is 34.3. The van der Waals surface area contributed by atoms with E-state index in [9.17, 15) is 14.4 Å². The number of hydrogen-bond donors (Lipinski definition) is 2. The monoisotopic (exact) mass is 336 g/mol.